The van der Waals surface area contributed by atoms with Crippen LogP contribution in [0.5, 0.6) is 0 Å². The van der Waals surface area contributed by atoms with Crippen molar-refractivity contribution in [3.05, 3.63) is 106 Å². The summed E-state index contributed by atoms with van der Waals surface area (Å²) >= 11 is 7.09. The molecule has 0 radical (unpaired) electrons. The molecule has 3 aromatic carbocycles. The lowest BCUT2D eigenvalue weighted by Gasteiger charge is -2.08. The number of aliphatic carboxylic acids is 1. The van der Waals surface area contributed by atoms with Crippen LogP contribution >= 0.6 is 23.4 Å². The molecule has 0 aliphatic carbocycles. The van der Waals surface area contributed by atoms with E-state index in [1.165, 1.54) is 0 Å². The van der Waals surface area contributed by atoms with Gasteiger partial charge in [-0.1, -0.05) is 48.0 Å². The first-order valence-corrected chi connectivity index (χ1v) is 13.1. The van der Waals surface area contributed by atoms with Crippen molar-refractivity contribution in [2.45, 2.75) is 25.2 Å². The normalized spacial score (nSPS) is 11.6. The van der Waals surface area contributed by atoms with E-state index >= 15 is 0 Å². The van der Waals surface area contributed by atoms with E-state index in [0.29, 0.717) is 34.7 Å². The van der Waals surface area contributed by atoms with Crippen LogP contribution in [-0.4, -0.2) is 30.4 Å². The molecule has 0 fully saturated rings. The topological polar surface area (TPSA) is 96.7 Å². The molecule has 1 N–H and O–H groups in total. The zero-order chi connectivity index (χ0) is 26.6. The molecule has 0 aliphatic rings. The minimum atomic E-state index is -1.06. The van der Waals surface area contributed by atoms with Crippen LogP contribution in [0.3, 0.4) is 0 Å². The van der Waals surface area contributed by atoms with Crippen LogP contribution in [0.2, 0.25) is 5.02 Å². The van der Waals surface area contributed by atoms with Crippen molar-refractivity contribution in [2.24, 2.45) is 0 Å². The first-order valence-electron chi connectivity index (χ1n) is 11.9. The van der Waals surface area contributed by atoms with Gasteiger partial charge in [-0.2, -0.15) is 5.26 Å². The van der Waals surface area contributed by atoms with Crippen molar-refractivity contribution in [2.75, 3.05) is 0 Å². The number of carbonyl (C=O) groups is 1. The summed E-state index contributed by atoms with van der Waals surface area (Å²) in [5.41, 5.74) is 4.06. The van der Waals surface area contributed by atoms with E-state index in [9.17, 15) is 15.2 Å². The van der Waals surface area contributed by atoms with Crippen molar-refractivity contribution in [1.29, 1.82) is 5.26 Å². The zero-order valence-corrected chi connectivity index (χ0v) is 21.9. The predicted molar refractivity (Wildman–Crippen MR) is 150 cm³/mol. The third kappa shape index (κ3) is 5.07. The van der Waals surface area contributed by atoms with E-state index in [4.69, 9.17) is 11.6 Å². The molecule has 0 unspecified atom stereocenters. The summed E-state index contributed by atoms with van der Waals surface area (Å²) in [5, 5.41) is 30.2. The quantitative estimate of drug-likeness (QED) is 0.174. The molecular formula is C29H22ClN5O2S. The number of benzene rings is 3. The van der Waals surface area contributed by atoms with Gasteiger partial charge in [0.25, 0.3) is 0 Å². The van der Waals surface area contributed by atoms with Gasteiger partial charge in [0.2, 0.25) is 0 Å². The minimum Gasteiger partial charge on any atom is -0.477 e. The van der Waals surface area contributed by atoms with Gasteiger partial charge in [0.05, 0.1) is 11.6 Å². The number of nitrogens with zero attached hydrogens (tertiary/aromatic N) is 5. The summed E-state index contributed by atoms with van der Waals surface area (Å²) in [6.45, 7) is 3.02. The average molecular weight is 540 g/mol. The third-order valence-corrected chi connectivity index (χ3v) is 7.38. The summed E-state index contributed by atoms with van der Waals surface area (Å²) in [5.74, 6) is -0.412. The van der Waals surface area contributed by atoms with Crippen LogP contribution in [0.1, 0.15) is 23.6 Å². The maximum atomic E-state index is 12.3. The Hall–Kier alpha value is -4.32. The van der Waals surface area contributed by atoms with Gasteiger partial charge in [-0.05, 0) is 66.7 Å². The highest BCUT2D eigenvalue weighted by Crippen LogP contribution is 2.33. The zero-order valence-electron chi connectivity index (χ0n) is 20.4. The van der Waals surface area contributed by atoms with Gasteiger partial charge in [0.1, 0.15) is 4.91 Å². The van der Waals surface area contributed by atoms with Gasteiger partial charge in [-0.3, -0.25) is 0 Å². The van der Waals surface area contributed by atoms with E-state index in [1.54, 1.807) is 24.3 Å². The third-order valence-electron chi connectivity index (χ3n) is 6.13. The first kappa shape index (κ1) is 25.3. The van der Waals surface area contributed by atoms with Crippen LogP contribution in [0, 0.1) is 11.3 Å². The number of hydrogen-bond acceptors (Lipinski definition) is 5. The maximum absolute atomic E-state index is 12.3. The van der Waals surface area contributed by atoms with E-state index in [0.717, 1.165) is 39.4 Å². The summed E-state index contributed by atoms with van der Waals surface area (Å²) < 4.78 is 3.92. The number of fused-ring (bicyclic) bond motifs is 1. The highest BCUT2D eigenvalue weighted by atomic mass is 35.5. The molecule has 5 aromatic rings. The lowest BCUT2D eigenvalue weighted by Crippen LogP contribution is -2.02. The number of carboxylic acid groups (broad SMARTS) is 1. The Bertz CT molecular complexity index is 1710. The van der Waals surface area contributed by atoms with Gasteiger partial charge >= 0.3 is 5.97 Å². The molecule has 7 nitrogen and oxygen atoms in total. The highest BCUT2D eigenvalue weighted by molar-refractivity contribution is 8.04. The Morgan fingerprint density at radius 3 is 2.55 bits per heavy atom. The van der Waals surface area contributed by atoms with Crippen LogP contribution < -0.4 is 0 Å². The van der Waals surface area contributed by atoms with Gasteiger partial charge in [0.15, 0.2) is 11.0 Å². The molecular weight excluding hydrogens is 518 g/mol. The van der Waals surface area contributed by atoms with Crippen LogP contribution in [0.4, 0.5) is 0 Å². The fourth-order valence-corrected chi connectivity index (χ4v) is 5.31. The van der Waals surface area contributed by atoms with Crippen molar-refractivity contribution >= 4 is 46.3 Å². The van der Waals surface area contributed by atoms with Crippen molar-refractivity contribution in [3.63, 3.8) is 0 Å². The summed E-state index contributed by atoms with van der Waals surface area (Å²) in [6, 6.07) is 24.8. The van der Waals surface area contributed by atoms with E-state index in [1.807, 2.05) is 76.9 Å². The standard InChI is InChI=1S/C29H22ClN5O2S/c1-2-35-27(19-11-13-23(30)14-12-19)32-33-29(35)38-26(28(36)37)15-22-18-34(25-10-6-5-9-24(22)25)17-21-8-4-3-7-20(21)16-31/h3-15,18H,2,17H2,1H3,(H,36,37)/b26-15-. The Labute approximate surface area is 228 Å². The molecule has 38 heavy (non-hydrogen) atoms. The fourth-order valence-electron chi connectivity index (χ4n) is 4.31. The second-order valence-electron chi connectivity index (χ2n) is 8.47. The van der Waals surface area contributed by atoms with Crippen molar-refractivity contribution in [1.82, 2.24) is 19.3 Å². The van der Waals surface area contributed by atoms with Crippen molar-refractivity contribution in [3.8, 4) is 17.5 Å². The molecule has 0 bridgehead atoms. The van der Waals surface area contributed by atoms with Crippen LogP contribution in [-0.2, 0) is 17.9 Å². The average Bonchev–Trinajstić information content (AvgIpc) is 3.50. The first-order chi connectivity index (χ1) is 18.5. The Balaban J connectivity index is 1.53. The van der Waals surface area contributed by atoms with Crippen LogP contribution in [0.25, 0.3) is 28.4 Å². The lowest BCUT2D eigenvalue weighted by molar-refractivity contribution is -0.131. The van der Waals surface area contributed by atoms with E-state index < -0.39 is 5.97 Å². The SMILES string of the molecule is CCn1c(S/C(=C\c2cn(Cc3ccccc3C#N)c3ccccc23)C(=O)O)nnc1-c1ccc(Cl)cc1. The van der Waals surface area contributed by atoms with Gasteiger partial charge < -0.3 is 14.2 Å². The highest BCUT2D eigenvalue weighted by Gasteiger charge is 2.19. The summed E-state index contributed by atoms with van der Waals surface area (Å²) in [6.07, 6.45) is 3.59. The second kappa shape index (κ2) is 11.0. The fraction of sp³-hybridized carbons (Fsp3) is 0.103. The van der Waals surface area contributed by atoms with Gasteiger partial charge in [-0.15, -0.1) is 10.2 Å². The molecule has 0 saturated carbocycles. The van der Waals surface area contributed by atoms with Crippen molar-refractivity contribution < 1.29 is 9.90 Å². The molecule has 0 amide bonds. The van der Waals surface area contributed by atoms with Crippen LogP contribution in [0.15, 0.2) is 89.1 Å². The maximum Gasteiger partial charge on any atom is 0.342 e. The number of rotatable bonds is 8. The molecule has 2 heterocycles. The minimum absolute atomic E-state index is 0.120. The molecule has 0 aliphatic heterocycles. The van der Waals surface area contributed by atoms with E-state index in [-0.39, 0.29) is 4.91 Å². The Morgan fingerprint density at radius 2 is 1.82 bits per heavy atom. The molecule has 5 rings (SSSR count). The Morgan fingerprint density at radius 1 is 1.08 bits per heavy atom. The lowest BCUT2D eigenvalue weighted by atomic mass is 10.1. The smallest absolute Gasteiger partial charge is 0.342 e. The van der Waals surface area contributed by atoms with Gasteiger partial charge in [0, 0.05) is 46.3 Å². The predicted octanol–water partition coefficient (Wildman–Crippen LogP) is 6.71. The molecule has 0 atom stereocenters. The molecule has 9 heteroatoms. The number of halogens is 1. The summed E-state index contributed by atoms with van der Waals surface area (Å²) in [4.78, 5) is 12.5. The monoisotopic (exact) mass is 539 g/mol. The van der Waals surface area contributed by atoms with E-state index in [2.05, 4.69) is 16.3 Å². The van der Waals surface area contributed by atoms with Gasteiger partial charge in [-0.25, -0.2) is 4.79 Å². The Kier molecular flexibility index (Phi) is 7.31. The number of para-hydroxylation sites is 1. The molecule has 2 aromatic heterocycles. The second-order valence-corrected chi connectivity index (χ2v) is 9.92. The number of aromatic nitrogens is 4. The number of nitriles is 1. The molecule has 188 valence electrons. The summed E-state index contributed by atoms with van der Waals surface area (Å²) in [7, 11) is 0. The molecule has 0 saturated heterocycles. The molecule has 0 spiro atoms. The number of carboxylic acids is 1. The largest absolute Gasteiger partial charge is 0.477 e. The number of thioether (sulfide) groups is 1. The number of hydrogen-bond donors (Lipinski definition) is 1.